The second-order valence-corrected chi connectivity index (χ2v) is 10.9. The summed E-state index contributed by atoms with van der Waals surface area (Å²) in [4.78, 5) is 17.5. The van der Waals surface area contributed by atoms with Gasteiger partial charge in [0, 0.05) is 5.02 Å². The second-order valence-electron chi connectivity index (χ2n) is 7.56. The first kappa shape index (κ1) is 29.5. The van der Waals surface area contributed by atoms with Crippen LogP contribution in [-0.2, 0) is 22.0 Å². The third-order valence-electron chi connectivity index (χ3n) is 4.73. The SMILES string of the molecule is CCCCCCCOC(=O)[C@H](C)N[P@@](=O)(Oc1ccc(Cl)cc1)Oc1ccc(N(OC)I=O)cc1. The molecule has 9 nitrogen and oxygen atoms in total. The molecule has 0 aliphatic carbocycles. The highest BCUT2D eigenvalue weighted by molar-refractivity contribution is 14.1. The minimum atomic E-state index is -4.09. The van der Waals surface area contributed by atoms with Crippen molar-refractivity contribution in [2.45, 2.75) is 52.0 Å². The zero-order valence-electron chi connectivity index (χ0n) is 19.9. The fraction of sp³-hybridized carbons (Fsp3) is 0.435. The molecular weight excluding hydrogens is 610 g/mol. The highest BCUT2D eigenvalue weighted by atomic mass is 127. The van der Waals surface area contributed by atoms with Crippen LogP contribution in [0.1, 0.15) is 46.0 Å². The zero-order chi connectivity index (χ0) is 25.7. The number of ether oxygens (including phenoxy) is 1. The van der Waals surface area contributed by atoms with E-state index in [-0.39, 0.29) is 18.1 Å². The average Bonchev–Trinajstić information content (AvgIpc) is 2.84. The number of esters is 1. The highest BCUT2D eigenvalue weighted by Gasteiger charge is 2.34. The van der Waals surface area contributed by atoms with Gasteiger partial charge in [0.2, 0.25) is 0 Å². The average molecular weight is 641 g/mol. The number of hydrogen-bond acceptors (Lipinski definition) is 7. The summed E-state index contributed by atoms with van der Waals surface area (Å²) in [6.07, 6.45) is 5.13. The number of nitrogens with zero attached hydrogens (tertiary/aromatic N) is 1. The Labute approximate surface area is 221 Å². The van der Waals surface area contributed by atoms with E-state index in [9.17, 15) is 12.4 Å². The third kappa shape index (κ3) is 10.4. The molecule has 0 unspecified atom stereocenters. The standard InChI is InChI=1S/C23H31ClIN2O7P/c1-4-5-6-7-8-17-32-23(28)18(2)26-35(30,33-21-13-9-19(24)10-14-21)34-22-15-11-20(12-16-22)27(25-29)31-3/h9-16,18H,4-8,17H2,1-3H3,(H,26,30)/t18-,35+/m0/s1. The lowest BCUT2D eigenvalue weighted by molar-refractivity contribution is -0.145. The Morgan fingerprint density at radius 3 is 2.14 bits per heavy atom. The summed E-state index contributed by atoms with van der Waals surface area (Å²) in [6.45, 7) is 3.95. The summed E-state index contributed by atoms with van der Waals surface area (Å²) in [5.74, 6) is -0.121. The Balaban J connectivity index is 2.10. The van der Waals surface area contributed by atoms with Crippen LogP contribution >= 0.6 is 40.8 Å². The Morgan fingerprint density at radius 2 is 1.60 bits per heavy atom. The number of rotatable bonds is 16. The van der Waals surface area contributed by atoms with E-state index < -0.39 is 41.2 Å². The molecule has 2 rings (SSSR count). The van der Waals surface area contributed by atoms with Crippen molar-refractivity contribution in [3.8, 4) is 11.5 Å². The lowest BCUT2D eigenvalue weighted by Crippen LogP contribution is -2.36. The van der Waals surface area contributed by atoms with Gasteiger partial charge in [0.1, 0.15) is 17.5 Å². The molecule has 0 amide bonds. The van der Waals surface area contributed by atoms with Gasteiger partial charge in [0.15, 0.2) is 0 Å². The number of carbonyl (C=O) groups excluding carboxylic acids is 1. The van der Waals surface area contributed by atoms with E-state index >= 15 is 0 Å². The molecule has 2 aromatic carbocycles. The van der Waals surface area contributed by atoms with Crippen molar-refractivity contribution in [3.63, 3.8) is 0 Å². The molecule has 0 fully saturated rings. The van der Waals surface area contributed by atoms with Crippen LogP contribution in [0.2, 0.25) is 5.02 Å². The van der Waals surface area contributed by atoms with Crippen molar-refractivity contribution < 1.29 is 31.1 Å². The molecule has 0 aliphatic heterocycles. The van der Waals surface area contributed by atoms with Gasteiger partial charge >= 0.3 is 13.7 Å². The molecule has 0 bridgehead atoms. The van der Waals surface area contributed by atoms with Gasteiger partial charge in [-0.1, -0.05) is 44.2 Å². The number of carbonyl (C=O) groups is 1. The van der Waals surface area contributed by atoms with Crippen molar-refractivity contribution in [1.29, 1.82) is 0 Å². The summed E-state index contributed by atoms with van der Waals surface area (Å²) >= 11 is 4.35. The largest absolute Gasteiger partial charge is 0.513 e. The Bertz CT molecular complexity index is 979. The zero-order valence-corrected chi connectivity index (χ0v) is 23.8. The Kier molecular flexibility index (Phi) is 13.0. The molecule has 0 radical (unpaired) electrons. The van der Waals surface area contributed by atoms with E-state index in [0.717, 1.165) is 32.1 Å². The first-order chi connectivity index (χ1) is 16.8. The molecule has 12 heteroatoms. The molecule has 35 heavy (non-hydrogen) atoms. The predicted molar refractivity (Wildman–Crippen MR) is 143 cm³/mol. The fourth-order valence-electron chi connectivity index (χ4n) is 2.94. The van der Waals surface area contributed by atoms with Crippen LogP contribution in [-0.4, -0.2) is 25.7 Å². The molecule has 0 aromatic heterocycles. The highest BCUT2D eigenvalue weighted by Crippen LogP contribution is 2.46. The lowest BCUT2D eigenvalue weighted by atomic mass is 10.2. The summed E-state index contributed by atoms with van der Waals surface area (Å²) < 4.78 is 42.8. The third-order valence-corrected chi connectivity index (χ3v) is 7.89. The maximum Gasteiger partial charge on any atom is 0.513 e. The number of nitrogens with one attached hydrogen (secondary N) is 1. The Hall–Kier alpha value is -1.72. The van der Waals surface area contributed by atoms with Crippen LogP contribution in [0, 0.1) is 0 Å². The lowest BCUT2D eigenvalue weighted by Gasteiger charge is -2.23. The number of unbranched alkanes of at least 4 members (excludes halogenated alkanes) is 4. The van der Waals surface area contributed by atoms with Gasteiger partial charge < -0.3 is 13.8 Å². The number of halogens is 2. The molecule has 0 heterocycles. The minimum Gasteiger partial charge on any atom is -0.465 e. The minimum absolute atomic E-state index is 0.204. The summed E-state index contributed by atoms with van der Waals surface area (Å²) in [7, 11) is -2.68. The summed E-state index contributed by atoms with van der Waals surface area (Å²) in [5.41, 5.74) is 0.542. The van der Waals surface area contributed by atoms with Crippen LogP contribution in [0.5, 0.6) is 11.5 Å². The fourth-order valence-corrected chi connectivity index (χ4v) is 5.29. The van der Waals surface area contributed by atoms with Gasteiger partial charge in [-0.2, -0.15) is 8.36 Å². The monoisotopic (exact) mass is 640 g/mol. The van der Waals surface area contributed by atoms with Gasteiger partial charge in [-0.15, -0.1) is 0 Å². The van der Waals surface area contributed by atoms with E-state index in [1.165, 1.54) is 41.6 Å². The molecular formula is C23H31ClIN2O7P. The van der Waals surface area contributed by atoms with Crippen molar-refractivity contribution >= 4 is 52.5 Å². The van der Waals surface area contributed by atoms with Crippen molar-refractivity contribution in [2.24, 2.45) is 0 Å². The normalized spacial score (nSPS) is 13.5. The van der Waals surface area contributed by atoms with Crippen LogP contribution in [0.25, 0.3) is 0 Å². The first-order valence-electron chi connectivity index (χ1n) is 11.2. The number of hydrogen-bond donors (Lipinski definition) is 1. The van der Waals surface area contributed by atoms with Gasteiger partial charge in [-0.05, 0) is 61.9 Å². The van der Waals surface area contributed by atoms with Crippen LogP contribution in [0.4, 0.5) is 5.69 Å². The molecule has 0 saturated carbocycles. The van der Waals surface area contributed by atoms with E-state index in [1.54, 1.807) is 24.3 Å². The maximum atomic E-state index is 13.7. The summed E-state index contributed by atoms with van der Waals surface area (Å²) in [5, 5.41) is 3.13. The van der Waals surface area contributed by atoms with Crippen LogP contribution in [0.3, 0.4) is 0 Å². The molecule has 0 saturated heterocycles. The number of benzene rings is 2. The van der Waals surface area contributed by atoms with E-state index in [2.05, 4.69) is 12.0 Å². The molecule has 0 aliphatic rings. The predicted octanol–water partition coefficient (Wildman–Crippen LogP) is 7.00. The van der Waals surface area contributed by atoms with E-state index in [4.69, 9.17) is 30.2 Å². The van der Waals surface area contributed by atoms with Crippen molar-refractivity contribution in [2.75, 3.05) is 17.0 Å². The van der Waals surface area contributed by atoms with E-state index in [0.29, 0.717) is 10.7 Å². The molecule has 0 spiro atoms. The molecule has 2 aromatic rings. The Morgan fingerprint density at radius 1 is 1.03 bits per heavy atom. The molecule has 1 N–H and O–H groups in total. The molecule has 2 atom stereocenters. The maximum absolute atomic E-state index is 13.7. The number of anilines is 1. The molecule has 194 valence electrons. The van der Waals surface area contributed by atoms with Gasteiger partial charge in [-0.3, -0.25) is 9.63 Å². The quantitative estimate of drug-likeness (QED) is 0.0519. The van der Waals surface area contributed by atoms with Crippen LogP contribution < -0.4 is 17.4 Å². The second kappa shape index (κ2) is 15.4. The topological polar surface area (TPSA) is 103 Å². The first-order valence-corrected chi connectivity index (χ1v) is 15.0. The van der Waals surface area contributed by atoms with Crippen molar-refractivity contribution in [3.05, 3.63) is 53.6 Å². The van der Waals surface area contributed by atoms with Gasteiger partial charge in [0.05, 0.1) is 19.4 Å². The van der Waals surface area contributed by atoms with Crippen LogP contribution in [0.15, 0.2) is 48.5 Å². The van der Waals surface area contributed by atoms with Gasteiger partial charge in [-0.25, -0.2) is 7.63 Å². The van der Waals surface area contributed by atoms with E-state index in [1.807, 2.05) is 0 Å². The van der Waals surface area contributed by atoms with Gasteiger partial charge in [0.25, 0.3) is 21.5 Å². The van der Waals surface area contributed by atoms with Crippen molar-refractivity contribution in [1.82, 2.24) is 5.09 Å². The smallest absolute Gasteiger partial charge is 0.465 e. The summed E-state index contributed by atoms with van der Waals surface area (Å²) in [6, 6.07) is 11.5.